The number of carbonyl (C=O) groups is 1. The predicted molar refractivity (Wildman–Crippen MR) is 140 cm³/mol. The average Bonchev–Trinajstić information content (AvgIpc) is 3.36. The molecule has 1 aliphatic heterocycles. The first-order valence-electron chi connectivity index (χ1n) is 12.6. The molecule has 0 aliphatic carbocycles. The molecule has 0 radical (unpaired) electrons. The average molecular weight is 502 g/mol. The van der Waals surface area contributed by atoms with E-state index in [4.69, 9.17) is 4.74 Å². The van der Waals surface area contributed by atoms with Gasteiger partial charge in [0.15, 0.2) is 5.65 Å². The molecule has 0 bridgehead atoms. The van der Waals surface area contributed by atoms with Crippen molar-refractivity contribution >= 4 is 16.9 Å². The van der Waals surface area contributed by atoms with Crippen molar-refractivity contribution < 1.29 is 14.6 Å². The molecule has 3 heterocycles. The van der Waals surface area contributed by atoms with Crippen LogP contribution in [0.1, 0.15) is 26.2 Å². The Bertz CT molecular complexity index is 1420. The van der Waals surface area contributed by atoms with Crippen molar-refractivity contribution in [2.75, 3.05) is 26.3 Å². The Morgan fingerprint density at radius 3 is 2.46 bits per heavy atom. The molecule has 9 heteroatoms. The Labute approximate surface area is 214 Å². The van der Waals surface area contributed by atoms with E-state index in [-0.39, 0.29) is 18.0 Å². The van der Waals surface area contributed by atoms with Crippen LogP contribution in [-0.2, 0) is 16.1 Å². The number of hydrogen-bond donors (Lipinski definition) is 1. The highest BCUT2D eigenvalue weighted by molar-refractivity contribution is 5.76. The minimum Gasteiger partial charge on any atom is -0.388 e. The Balaban J connectivity index is 1.29. The number of ether oxygens (including phenoxy) is 1. The molecule has 37 heavy (non-hydrogen) atoms. The molecule has 0 spiro atoms. The molecule has 0 saturated carbocycles. The quantitative estimate of drug-likeness (QED) is 0.373. The third-order valence-corrected chi connectivity index (χ3v) is 6.95. The lowest BCUT2D eigenvalue weighted by atomic mass is 9.91. The molecule has 2 aromatic heterocycles. The Kier molecular flexibility index (Phi) is 7.16. The van der Waals surface area contributed by atoms with Gasteiger partial charge in [-0.05, 0) is 43.0 Å². The van der Waals surface area contributed by atoms with E-state index < -0.39 is 5.60 Å². The zero-order chi connectivity index (χ0) is 25.8. The van der Waals surface area contributed by atoms with Gasteiger partial charge in [-0.1, -0.05) is 42.5 Å². The van der Waals surface area contributed by atoms with Crippen molar-refractivity contribution in [1.82, 2.24) is 24.2 Å². The molecule has 5 rings (SSSR count). The lowest BCUT2D eigenvalue weighted by molar-refractivity contribution is -0.137. The Hall–Kier alpha value is -3.82. The summed E-state index contributed by atoms with van der Waals surface area (Å²) in [6.45, 7) is 3.90. The van der Waals surface area contributed by atoms with E-state index in [9.17, 15) is 14.7 Å². The SMILES string of the molecule is CCOCCC(=O)N1CCC(O)(Cn2cnc3c(cnn3-c3ccc(-c4ccccc4)cc3)c2=O)CC1. The normalized spacial score (nSPS) is 15.2. The molecule has 1 N–H and O–H groups in total. The molecule has 0 unspecified atom stereocenters. The van der Waals surface area contributed by atoms with Crippen LogP contribution in [-0.4, -0.2) is 67.1 Å². The fraction of sp³-hybridized carbons (Fsp3) is 0.357. The molecule has 192 valence electrons. The van der Waals surface area contributed by atoms with Crippen molar-refractivity contribution in [2.45, 2.75) is 38.3 Å². The van der Waals surface area contributed by atoms with E-state index in [0.717, 1.165) is 16.8 Å². The van der Waals surface area contributed by atoms with Crippen molar-refractivity contribution in [3.05, 3.63) is 77.5 Å². The minimum absolute atomic E-state index is 0.0277. The summed E-state index contributed by atoms with van der Waals surface area (Å²) in [5, 5.41) is 16.0. The fourth-order valence-electron chi connectivity index (χ4n) is 4.79. The molecule has 1 amide bonds. The molecule has 1 aliphatic rings. The predicted octanol–water partition coefficient (Wildman–Crippen LogP) is 3.03. The maximum Gasteiger partial charge on any atom is 0.264 e. The van der Waals surface area contributed by atoms with Crippen LogP contribution in [0.15, 0.2) is 71.9 Å². The highest BCUT2D eigenvalue weighted by Crippen LogP contribution is 2.25. The van der Waals surface area contributed by atoms with Crippen LogP contribution in [0, 0.1) is 0 Å². The van der Waals surface area contributed by atoms with E-state index in [1.54, 1.807) is 9.58 Å². The second kappa shape index (κ2) is 10.7. The second-order valence-corrected chi connectivity index (χ2v) is 9.44. The van der Waals surface area contributed by atoms with E-state index >= 15 is 0 Å². The summed E-state index contributed by atoms with van der Waals surface area (Å²) >= 11 is 0. The van der Waals surface area contributed by atoms with E-state index in [2.05, 4.69) is 22.2 Å². The van der Waals surface area contributed by atoms with E-state index in [1.807, 2.05) is 49.4 Å². The van der Waals surface area contributed by atoms with Crippen molar-refractivity contribution in [3.63, 3.8) is 0 Å². The summed E-state index contributed by atoms with van der Waals surface area (Å²) in [5.41, 5.74) is 2.15. The van der Waals surface area contributed by atoms with Gasteiger partial charge in [0, 0.05) is 19.7 Å². The van der Waals surface area contributed by atoms with Gasteiger partial charge in [-0.3, -0.25) is 14.2 Å². The van der Waals surface area contributed by atoms with Crippen LogP contribution in [0.25, 0.3) is 27.8 Å². The summed E-state index contributed by atoms with van der Waals surface area (Å²) in [7, 11) is 0. The number of rotatable bonds is 8. The summed E-state index contributed by atoms with van der Waals surface area (Å²) in [6.07, 6.45) is 4.12. The van der Waals surface area contributed by atoms with Crippen LogP contribution in [0.2, 0.25) is 0 Å². The van der Waals surface area contributed by atoms with Crippen LogP contribution in [0.3, 0.4) is 0 Å². The van der Waals surface area contributed by atoms with Gasteiger partial charge in [0.1, 0.15) is 11.7 Å². The van der Waals surface area contributed by atoms with Crippen LogP contribution in [0.5, 0.6) is 0 Å². The number of aliphatic hydroxyl groups is 1. The molecular weight excluding hydrogens is 470 g/mol. The van der Waals surface area contributed by atoms with Crippen molar-refractivity contribution in [1.29, 1.82) is 0 Å². The maximum atomic E-state index is 13.2. The highest BCUT2D eigenvalue weighted by Gasteiger charge is 2.34. The number of carbonyl (C=O) groups excluding carboxylic acids is 1. The van der Waals surface area contributed by atoms with Gasteiger partial charge in [0.05, 0.1) is 37.1 Å². The molecule has 1 saturated heterocycles. The zero-order valence-electron chi connectivity index (χ0n) is 20.9. The first kappa shape index (κ1) is 24.9. The van der Waals surface area contributed by atoms with Gasteiger partial charge in [0.25, 0.3) is 5.56 Å². The third kappa shape index (κ3) is 5.33. The van der Waals surface area contributed by atoms with Crippen LogP contribution >= 0.6 is 0 Å². The first-order valence-corrected chi connectivity index (χ1v) is 12.6. The largest absolute Gasteiger partial charge is 0.388 e. The van der Waals surface area contributed by atoms with Crippen molar-refractivity contribution in [2.24, 2.45) is 0 Å². The molecule has 4 aromatic rings. The number of benzene rings is 2. The standard InChI is InChI=1S/C28H31N5O4/c1-2-37-17-12-25(34)31-15-13-28(36,14-16-31)19-32-20-29-26-24(27(32)35)18-30-33(26)23-10-8-22(9-11-23)21-6-4-3-5-7-21/h3-11,18,20,36H,2,12-17,19H2,1H3. The fourth-order valence-corrected chi connectivity index (χ4v) is 4.79. The molecule has 9 nitrogen and oxygen atoms in total. The number of aromatic nitrogens is 4. The zero-order valence-corrected chi connectivity index (χ0v) is 20.9. The van der Waals surface area contributed by atoms with Gasteiger partial charge in [0.2, 0.25) is 5.91 Å². The lowest BCUT2D eigenvalue weighted by Gasteiger charge is -2.38. The molecule has 0 atom stereocenters. The third-order valence-electron chi connectivity index (χ3n) is 6.95. The number of fused-ring (bicyclic) bond motifs is 1. The molecular formula is C28H31N5O4. The summed E-state index contributed by atoms with van der Waals surface area (Å²) in [4.78, 5) is 31.8. The van der Waals surface area contributed by atoms with Crippen molar-refractivity contribution in [3.8, 4) is 16.8 Å². The summed E-state index contributed by atoms with van der Waals surface area (Å²) in [5.74, 6) is 0.0277. The van der Waals surface area contributed by atoms with Crippen LogP contribution < -0.4 is 5.56 Å². The maximum absolute atomic E-state index is 13.2. The lowest BCUT2D eigenvalue weighted by Crippen LogP contribution is -2.49. The Morgan fingerprint density at radius 2 is 1.76 bits per heavy atom. The number of piperidine rings is 1. The van der Waals surface area contributed by atoms with Gasteiger partial charge >= 0.3 is 0 Å². The Morgan fingerprint density at radius 1 is 1.05 bits per heavy atom. The number of nitrogens with zero attached hydrogens (tertiary/aromatic N) is 5. The first-order chi connectivity index (χ1) is 18.0. The van der Waals surface area contributed by atoms with Gasteiger partial charge in [-0.2, -0.15) is 5.10 Å². The van der Waals surface area contributed by atoms with Gasteiger partial charge < -0.3 is 14.7 Å². The summed E-state index contributed by atoms with van der Waals surface area (Å²) < 4.78 is 8.36. The summed E-state index contributed by atoms with van der Waals surface area (Å²) in [6, 6.07) is 18.0. The van der Waals surface area contributed by atoms with Crippen LogP contribution in [0.4, 0.5) is 0 Å². The highest BCUT2D eigenvalue weighted by atomic mass is 16.5. The molecule has 2 aromatic carbocycles. The van der Waals surface area contributed by atoms with E-state index in [0.29, 0.717) is 56.6 Å². The molecule has 1 fully saturated rings. The number of amides is 1. The monoisotopic (exact) mass is 501 g/mol. The topological polar surface area (TPSA) is 102 Å². The number of likely N-dealkylation sites (tertiary alicyclic amines) is 1. The minimum atomic E-state index is -1.08. The number of hydrogen-bond acceptors (Lipinski definition) is 6. The van der Waals surface area contributed by atoms with E-state index in [1.165, 1.54) is 17.1 Å². The van der Waals surface area contributed by atoms with Gasteiger partial charge in [-0.25, -0.2) is 9.67 Å². The smallest absolute Gasteiger partial charge is 0.264 e. The second-order valence-electron chi connectivity index (χ2n) is 9.44. The van der Waals surface area contributed by atoms with Gasteiger partial charge in [-0.15, -0.1) is 0 Å².